The lowest BCUT2D eigenvalue weighted by Gasteiger charge is -2.25. The third-order valence-corrected chi connectivity index (χ3v) is 6.32. The molecule has 0 fully saturated rings. The van der Waals surface area contributed by atoms with Crippen LogP contribution in [0, 0.1) is 6.92 Å². The first-order chi connectivity index (χ1) is 12.9. The third kappa shape index (κ3) is 4.09. The van der Waals surface area contributed by atoms with Gasteiger partial charge in [0.05, 0.1) is 0 Å². The highest BCUT2D eigenvalue weighted by Gasteiger charge is 2.47. The van der Waals surface area contributed by atoms with Gasteiger partial charge in [0.15, 0.2) is 11.9 Å². The lowest BCUT2D eigenvalue weighted by Crippen LogP contribution is -2.48. The quantitative estimate of drug-likeness (QED) is 0.512. The number of sulfonamides is 1. The van der Waals surface area contributed by atoms with Gasteiger partial charge in [0.25, 0.3) is 15.9 Å². The van der Waals surface area contributed by atoms with Crippen LogP contribution in [0.2, 0.25) is 0 Å². The Hall–Kier alpha value is -1.89. The minimum atomic E-state index is -4.68. The maximum Gasteiger partial charge on any atom is 0.488 e. The zero-order valence-electron chi connectivity index (χ0n) is 14.0. The van der Waals surface area contributed by atoms with E-state index >= 15 is 0 Å². The largest absolute Gasteiger partial charge is 0.488 e. The van der Waals surface area contributed by atoms with E-state index in [0.717, 1.165) is 11.1 Å². The molecular formula is C15H11BrClF3N4O3S+. The third-order valence-electron chi connectivity index (χ3n) is 3.73. The van der Waals surface area contributed by atoms with Crippen molar-refractivity contribution in [3.8, 4) is 0 Å². The minimum absolute atomic E-state index is 0.00625. The van der Waals surface area contributed by atoms with E-state index in [1.807, 2.05) is 4.72 Å². The predicted octanol–water partition coefficient (Wildman–Crippen LogP) is 2.83. The molecule has 0 spiro atoms. The van der Waals surface area contributed by atoms with Gasteiger partial charge in [-0.05, 0) is 40.5 Å². The van der Waals surface area contributed by atoms with Gasteiger partial charge in [0.2, 0.25) is 6.67 Å². The number of alkyl halides is 3. The van der Waals surface area contributed by atoms with Crippen molar-refractivity contribution < 1.29 is 26.4 Å². The average Bonchev–Trinajstić information content (AvgIpc) is 3.01. The number of amides is 1. The molecule has 0 bridgehead atoms. The Morgan fingerprint density at radius 3 is 2.71 bits per heavy atom. The van der Waals surface area contributed by atoms with Crippen LogP contribution in [0.1, 0.15) is 5.56 Å². The van der Waals surface area contributed by atoms with E-state index in [0.29, 0.717) is 11.8 Å². The van der Waals surface area contributed by atoms with E-state index in [1.54, 1.807) is 13.0 Å². The summed E-state index contributed by atoms with van der Waals surface area (Å²) < 4.78 is 65.7. The van der Waals surface area contributed by atoms with E-state index in [1.165, 1.54) is 12.1 Å². The lowest BCUT2D eigenvalue weighted by atomic mass is 10.2. The molecule has 2 aliphatic rings. The van der Waals surface area contributed by atoms with Crippen molar-refractivity contribution in [3.05, 3.63) is 51.4 Å². The van der Waals surface area contributed by atoms with Crippen molar-refractivity contribution in [1.29, 1.82) is 0 Å². The summed E-state index contributed by atoms with van der Waals surface area (Å²) in [6, 6.07) is 4.55. The number of nitrogens with zero attached hydrogens (tertiary/aromatic N) is 3. The summed E-state index contributed by atoms with van der Waals surface area (Å²) in [5.41, 5.74) is 0.260. The Kier molecular flexibility index (Phi) is 5.34. The standard InChI is InChI=1S/C15H11BrClF3N4O3S/c1-8-2-3-9(16)12(4-8)28(26,27)22-14(25)11-6-23-7-24(15(18,19)20)5-10(17)13(23)21-11/h2-6H,7H2,1H3,(H,22,25)/q+1. The van der Waals surface area contributed by atoms with Gasteiger partial charge in [0.1, 0.15) is 9.93 Å². The zero-order valence-corrected chi connectivity index (χ0v) is 17.1. The maximum absolute atomic E-state index is 12.9. The molecule has 0 saturated carbocycles. The van der Waals surface area contributed by atoms with Gasteiger partial charge in [-0.1, -0.05) is 22.6 Å². The molecule has 1 aromatic carbocycles. The first-order valence-electron chi connectivity index (χ1n) is 7.50. The summed E-state index contributed by atoms with van der Waals surface area (Å²) in [7, 11) is -4.24. The van der Waals surface area contributed by atoms with E-state index < -0.39 is 34.6 Å². The highest BCUT2D eigenvalue weighted by molar-refractivity contribution is 9.10. The van der Waals surface area contributed by atoms with Gasteiger partial charge in [0, 0.05) is 10.7 Å². The molecule has 0 unspecified atom stereocenters. The molecular weight excluding hydrogens is 489 g/mol. The summed E-state index contributed by atoms with van der Waals surface area (Å²) >= 11 is 8.92. The van der Waals surface area contributed by atoms with Crippen molar-refractivity contribution >= 4 is 49.3 Å². The number of hydrogen-bond acceptors (Lipinski definition) is 6. The fourth-order valence-electron chi connectivity index (χ4n) is 2.42. The molecule has 3 rings (SSSR count). The molecule has 0 aliphatic carbocycles. The number of rotatable bonds is 3. The van der Waals surface area contributed by atoms with Crippen LogP contribution < -0.4 is 9.62 Å². The van der Waals surface area contributed by atoms with Crippen LogP contribution in [0.3, 0.4) is 0 Å². The smallest absolute Gasteiger partial charge is 0.266 e. The molecule has 7 nitrogen and oxygen atoms in total. The van der Waals surface area contributed by atoms with Crippen LogP contribution in [0.15, 0.2) is 55.7 Å². The number of amidine groups is 1. The van der Waals surface area contributed by atoms with Crippen LogP contribution in [0.4, 0.5) is 13.2 Å². The van der Waals surface area contributed by atoms with E-state index in [-0.39, 0.29) is 25.1 Å². The van der Waals surface area contributed by atoms with Gasteiger partial charge in [-0.15, -0.1) is 13.2 Å². The van der Waals surface area contributed by atoms with Crippen LogP contribution in [-0.4, -0.2) is 38.0 Å². The minimum Gasteiger partial charge on any atom is -0.266 e. The number of benzene rings is 1. The van der Waals surface area contributed by atoms with Gasteiger partial charge >= 0.3 is 12.1 Å². The van der Waals surface area contributed by atoms with Gasteiger partial charge in [-0.3, -0.25) is 4.79 Å². The predicted molar refractivity (Wildman–Crippen MR) is 98.6 cm³/mol. The molecule has 1 aromatic rings. The van der Waals surface area contributed by atoms with Crippen LogP contribution in [0.5, 0.6) is 0 Å². The van der Waals surface area contributed by atoms with Crippen molar-refractivity contribution in [3.63, 3.8) is 0 Å². The maximum atomic E-state index is 12.9. The molecule has 2 heterocycles. The van der Waals surface area contributed by atoms with E-state index in [4.69, 9.17) is 11.6 Å². The number of nitrogens with one attached hydrogen (secondary N) is 1. The van der Waals surface area contributed by atoms with E-state index in [9.17, 15) is 26.4 Å². The Labute approximate surface area is 171 Å². The number of carbonyl (C=O) groups excluding carboxylic acids is 1. The zero-order chi connectivity index (χ0) is 20.9. The van der Waals surface area contributed by atoms with Crippen LogP contribution >= 0.6 is 27.5 Å². The van der Waals surface area contributed by atoms with Crippen LogP contribution in [-0.2, 0) is 14.8 Å². The molecule has 0 saturated heterocycles. The van der Waals surface area contributed by atoms with Crippen molar-refractivity contribution in [1.82, 2.24) is 14.5 Å². The Morgan fingerprint density at radius 1 is 1.39 bits per heavy atom. The first-order valence-corrected chi connectivity index (χ1v) is 10.2. The Balaban J connectivity index is 1.84. The topological polar surface area (TPSA) is 84.7 Å². The fraction of sp³-hybridized carbons (Fsp3) is 0.200. The molecule has 2 aliphatic heterocycles. The molecule has 0 aromatic heterocycles. The van der Waals surface area contributed by atoms with Crippen molar-refractivity contribution in [2.45, 2.75) is 18.1 Å². The number of aryl methyl sites for hydroxylation is 1. The molecule has 28 heavy (non-hydrogen) atoms. The number of carbonyl (C=O) groups is 1. The summed E-state index contributed by atoms with van der Waals surface area (Å²) in [4.78, 5) is 17.0. The van der Waals surface area contributed by atoms with Gasteiger partial charge < -0.3 is 0 Å². The summed E-state index contributed by atoms with van der Waals surface area (Å²) in [5, 5.41) is -0.341. The average molecular weight is 500 g/mol. The lowest BCUT2D eigenvalue weighted by molar-refractivity contribution is -0.230. The second-order valence-corrected chi connectivity index (χ2v) is 8.76. The molecule has 0 atom stereocenters. The number of aliphatic imine (C=N–C) groups is 1. The second kappa shape index (κ2) is 7.17. The Morgan fingerprint density at radius 2 is 2.07 bits per heavy atom. The number of fused-ring (bicyclic) bond motifs is 1. The monoisotopic (exact) mass is 498 g/mol. The summed E-state index contributed by atoms with van der Waals surface area (Å²) in [6.45, 7) is 1.00. The first kappa shape index (κ1) is 20.8. The second-order valence-electron chi connectivity index (χ2n) is 5.84. The summed E-state index contributed by atoms with van der Waals surface area (Å²) in [5.74, 6) is -1.18. The van der Waals surface area contributed by atoms with Gasteiger partial charge in [-0.25, -0.2) is 18.0 Å². The summed E-state index contributed by atoms with van der Waals surface area (Å²) in [6.07, 6.45) is -3.03. The molecule has 149 valence electrons. The molecule has 13 heteroatoms. The highest BCUT2D eigenvalue weighted by atomic mass is 79.9. The molecule has 1 N–H and O–H groups in total. The highest BCUT2D eigenvalue weighted by Crippen LogP contribution is 2.30. The Bertz CT molecular complexity index is 1050. The number of halogens is 5. The van der Waals surface area contributed by atoms with Crippen LogP contribution in [0.25, 0.3) is 0 Å². The fourth-order valence-corrected chi connectivity index (χ4v) is 4.70. The van der Waals surface area contributed by atoms with Crippen molar-refractivity contribution in [2.75, 3.05) is 6.67 Å². The normalized spacial score (nSPS) is 17.6. The molecule has 1 radical (unpaired) electrons. The molecule has 1 amide bonds. The van der Waals surface area contributed by atoms with Crippen molar-refractivity contribution in [2.24, 2.45) is 4.99 Å². The van der Waals surface area contributed by atoms with Gasteiger partial charge in [-0.2, -0.15) is 4.99 Å². The number of hydrogen-bond donors (Lipinski definition) is 1. The van der Waals surface area contributed by atoms with E-state index in [2.05, 4.69) is 20.9 Å². The SMILES string of the molecule is Cc1ccc(Br)c(S(=O)(=O)NC(=O)C2=C[N+]3CN(C(F)(F)F)C=C(Cl)C3=N2)c1.